The standard InChI is InChI=1S/C24H29N5O2S/c1-3-28(4-2)24(31)22-8-9-23(26-25-22)29-12-10-27(11-13-29)16-21-15-19(17-32-21)18-6-5-7-20(30)14-18/h5-9,14-15,17,30H,3-4,10-13,16H2,1-2H3. The Morgan fingerprint density at radius 1 is 1.03 bits per heavy atom. The number of anilines is 1. The maximum atomic E-state index is 12.4. The molecule has 8 heteroatoms. The number of phenolic OH excluding ortho intramolecular Hbond substituents is 1. The van der Waals surface area contributed by atoms with Gasteiger partial charge in [0.1, 0.15) is 5.75 Å². The Morgan fingerprint density at radius 3 is 2.47 bits per heavy atom. The van der Waals surface area contributed by atoms with Crippen LogP contribution >= 0.6 is 11.3 Å². The fourth-order valence-electron chi connectivity index (χ4n) is 3.94. The van der Waals surface area contributed by atoms with E-state index in [1.54, 1.807) is 34.4 Å². The average Bonchev–Trinajstić information content (AvgIpc) is 3.29. The van der Waals surface area contributed by atoms with Gasteiger partial charge in [-0.1, -0.05) is 12.1 Å². The van der Waals surface area contributed by atoms with Crippen LogP contribution < -0.4 is 4.90 Å². The van der Waals surface area contributed by atoms with Gasteiger partial charge in [0.2, 0.25) is 0 Å². The first-order valence-electron chi connectivity index (χ1n) is 11.0. The maximum Gasteiger partial charge on any atom is 0.274 e. The highest BCUT2D eigenvalue weighted by atomic mass is 32.1. The molecule has 168 valence electrons. The van der Waals surface area contributed by atoms with Gasteiger partial charge in [0, 0.05) is 50.7 Å². The summed E-state index contributed by atoms with van der Waals surface area (Å²) >= 11 is 1.76. The van der Waals surface area contributed by atoms with E-state index >= 15 is 0 Å². The molecule has 0 bridgehead atoms. The van der Waals surface area contributed by atoms with E-state index in [0.717, 1.165) is 49.7 Å². The number of rotatable bonds is 7. The molecule has 7 nitrogen and oxygen atoms in total. The number of aromatic hydroxyl groups is 1. The third-order valence-electron chi connectivity index (χ3n) is 5.83. The molecule has 1 N–H and O–H groups in total. The first-order chi connectivity index (χ1) is 15.6. The Morgan fingerprint density at radius 2 is 1.81 bits per heavy atom. The number of amides is 1. The average molecular weight is 452 g/mol. The van der Waals surface area contributed by atoms with Gasteiger partial charge in [0.15, 0.2) is 11.5 Å². The molecule has 0 aliphatic carbocycles. The molecule has 0 atom stereocenters. The highest BCUT2D eigenvalue weighted by molar-refractivity contribution is 7.10. The highest BCUT2D eigenvalue weighted by Gasteiger charge is 2.20. The van der Waals surface area contributed by atoms with Gasteiger partial charge in [-0.05, 0) is 60.7 Å². The first kappa shape index (κ1) is 22.2. The number of aromatic nitrogens is 2. The van der Waals surface area contributed by atoms with Crippen LogP contribution in [0.25, 0.3) is 11.1 Å². The Bertz CT molecular complexity index is 1040. The molecular formula is C24H29N5O2S. The summed E-state index contributed by atoms with van der Waals surface area (Å²) in [6.45, 7) is 9.83. The highest BCUT2D eigenvalue weighted by Crippen LogP contribution is 2.29. The molecule has 1 fully saturated rings. The number of carbonyl (C=O) groups excluding carboxylic acids is 1. The second-order valence-corrected chi connectivity index (χ2v) is 8.87. The third kappa shape index (κ3) is 5.08. The van der Waals surface area contributed by atoms with Crippen LogP contribution in [0, 0.1) is 0 Å². The summed E-state index contributed by atoms with van der Waals surface area (Å²) < 4.78 is 0. The summed E-state index contributed by atoms with van der Waals surface area (Å²) in [7, 11) is 0. The van der Waals surface area contributed by atoms with Crippen molar-refractivity contribution in [1.29, 1.82) is 0 Å². The van der Waals surface area contributed by atoms with Gasteiger partial charge in [-0.2, -0.15) is 0 Å². The predicted octanol–water partition coefficient (Wildman–Crippen LogP) is 3.71. The van der Waals surface area contributed by atoms with Crippen molar-refractivity contribution in [3.8, 4) is 16.9 Å². The van der Waals surface area contributed by atoms with Crippen molar-refractivity contribution < 1.29 is 9.90 Å². The molecule has 4 rings (SSSR count). The van der Waals surface area contributed by atoms with Crippen LogP contribution in [0.5, 0.6) is 5.75 Å². The smallest absolute Gasteiger partial charge is 0.274 e. The lowest BCUT2D eigenvalue weighted by Crippen LogP contribution is -2.46. The zero-order valence-corrected chi connectivity index (χ0v) is 19.4. The molecule has 2 aromatic heterocycles. The zero-order chi connectivity index (χ0) is 22.5. The second-order valence-electron chi connectivity index (χ2n) is 7.87. The number of piperazine rings is 1. The molecule has 1 amide bonds. The van der Waals surface area contributed by atoms with E-state index in [4.69, 9.17) is 0 Å². The van der Waals surface area contributed by atoms with E-state index < -0.39 is 0 Å². The lowest BCUT2D eigenvalue weighted by Gasteiger charge is -2.34. The van der Waals surface area contributed by atoms with Crippen molar-refractivity contribution in [2.24, 2.45) is 0 Å². The molecular weight excluding hydrogens is 422 g/mol. The van der Waals surface area contributed by atoms with Gasteiger partial charge >= 0.3 is 0 Å². The molecule has 32 heavy (non-hydrogen) atoms. The molecule has 1 aliphatic heterocycles. The zero-order valence-electron chi connectivity index (χ0n) is 18.6. The number of thiophene rings is 1. The Balaban J connectivity index is 1.31. The van der Waals surface area contributed by atoms with Crippen molar-refractivity contribution in [1.82, 2.24) is 20.0 Å². The van der Waals surface area contributed by atoms with Crippen LogP contribution in [-0.2, 0) is 6.54 Å². The summed E-state index contributed by atoms with van der Waals surface area (Å²) in [5.41, 5.74) is 2.59. The van der Waals surface area contributed by atoms with E-state index in [2.05, 4.69) is 31.4 Å². The van der Waals surface area contributed by atoms with Crippen molar-refractivity contribution in [2.75, 3.05) is 44.2 Å². The fraction of sp³-hybridized carbons (Fsp3) is 0.375. The van der Waals surface area contributed by atoms with Gasteiger partial charge in [0.05, 0.1) is 0 Å². The lowest BCUT2D eigenvalue weighted by atomic mass is 10.1. The summed E-state index contributed by atoms with van der Waals surface area (Å²) in [4.78, 5) is 20.1. The van der Waals surface area contributed by atoms with E-state index in [-0.39, 0.29) is 5.91 Å². The first-order valence-corrected chi connectivity index (χ1v) is 11.9. The van der Waals surface area contributed by atoms with Gasteiger partial charge in [-0.25, -0.2) is 0 Å². The minimum absolute atomic E-state index is 0.0695. The van der Waals surface area contributed by atoms with Crippen molar-refractivity contribution >= 4 is 23.1 Å². The Hall–Kier alpha value is -2.97. The van der Waals surface area contributed by atoms with Crippen LogP contribution in [0.4, 0.5) is 5.82 Å². The van der Waals surface area contributed by atoms with Crippen LogP contribution in [0.1, 0.15) is 29.2 Å². The number of phenols is 1. The second kappa shape index (κ2) is 10.1. The van der Waals surface area contributed by atoms with Gasteiger partial charge in [-0.3, -0.25) is 9.69 Å². The van der Waals surface area contributed by atoms with Gasteiger partial charge in [0.25, 0.3) is 5.91 Å². The lowest BCUT2D eigenvalue weighted by molar-refractivity contribution is 0.0766. The predicted molar refractivity (Wildman–Crippen MR) is 128 cm³/mol. The van der Waals surface area contributed by atoms with Gasteiger partial charge in [-0.15, -0.1) is 21.5 Å². The topological polar surface area (TPSA) is 72.8 Å². The van der Waals surface area contributed by atoms with Crippen LogP contribution in [0.2, 0.25) is 0 Å². The molecule has 1 aromatic carbocycles. The molecule has 0 saturated carbocycles. The number of hydrogen-bond acceptors (Lipinski definition) is 7. The van der Waals surface area contributed by atoms with Crippen LogP contribution in [0.3, 0.4) is 0 Å². The summed E-state index contributed by atoms with van der Waals surface area (Å²) in [5.74, 6) is 1.04. The molecule has 0 radical (unpaired) electrons. The number of carbonyl (C=O) groups is 1. The van der Waals surface area contributed by atoms with Crippen molar-refractivity contribution in [3.63, 3.8) is 0 Å². The Kier molecular flexibility index (Phi) is 7.02. The monoisotopic (exact) mass is 451 g/mol. The van der Waals surface area contributed by atoms with E-state index in [0.29, 0.717) is 24.5 Å². The van der Waals surface area contributed by atoms with Crippen LogP contribution in [-0.4, -0.2) is 70.3 Å². The maximum absolute atomic E-state index is 12.4. The summed E-state index contributed by atoms with van der Waals surface area (Å²) in [6, 6.07) is 13.3. The SMILES string of the molecule is CCN(CC)C(=O)c1ccc(N2CCN(Cc3cc(-c4cccc(O)c4)cs3)CC2)nn1. The summed E-state index contributed by atoms with van der Waals surface area (Å²) in [6.07, 6.45) is 0. The summed E-state index contributed by atoms with van der Waals surface area (Å²) in [5, 5.41) is 20.4. The normalized spacial score (nSPS) is 14.5. The minimum Gasteiger partial charge on any atom is -0.508 e. The van der Waals surface area contributed by atoms with Crippen molar-refractivity contribution in [2.45, 2.75) is 20.4 Å². The Labute approximate surface area is 192 Å². The molecule has 3 heterocycles. The molecule has 1 saturated heterocycles. The van der Waals surface area contributed by atoms with Crippen molar-refractivity contribution in [3.05, 3.63) is 58.4 Å². The van der Waals surface area contributed by atoms with E-state index in [1.807, 2.05) is 32.0 Å². The molecule has 1 aliphatic rings. The number of benzene rings is 1. The minimum atomic E-state index is -0.0695. The largest absolute Gasteiger partial charge is 0.508 e. The van der Waals surface area contributed by atoms with E-state index in [1.165, 1.54) is 4.88 Å². The quantitative estimate of drug-likeness (QED) is 0.590. The van der Waals surface area contributed by atoms with E-state index in [9.17, 15) is 9.90 Å². The number of nitrogens with zero attached hydrogens (tertiary/aromatic N) is 5. The molecule has 0 unspecified atom stereocenters. The molecule has 0 spiro atoms. The van der Waals surface area contributed by atoms with Gasteiger partial charge < -0.3 is 14.9 Å². The number of hydrogen-bond donors (Lipinski definition) is 1. The third-order valence-corrected chi connectivity index (χ3v) is 6.75. The van der Waals surface area contributed by atoms with Crippen LogP contribution in [0.15, 0.2) is 47.8 Å². The fourth-order valence-corrected chi connectivity index (χ4v) is 4.87. The molecule has 3 aromatic rings.